The second-order valence-electron chi connectivity index (χ2n) is 3.63. The van der Waals surface area contributed by atoms with E-state index in [-0.39, 0.29) is 11.4 Å². The molecule has 1 aromatic rings. The summed E-state index contributed by atoms with van der Waals surface area (Å²) >= 11 is 0. The summed E-state index contributed by atoms with van der Waals surface area (Å²) in [6.07, 6.45) is 0. The van der Waals surface area contributed by atoms with Crippen LogP contribution in [0.5, 0.6) is 5.75 Å². The number of ether oxygens (including phenoxy) is 1. The lowest BCUT2D eigenvalue weighted by molar-refractivity contribution is -0.385. The Kier molecular flexibility index (Phi) is 4.54. The van der Waals surface area contributed by atoms with Gasteiger partial charge in [-0.2, -0.15) is 0 Å². The van der Waals surface area contributed by atoms with Crippen molar-refractivity contribution in [1.82, 2.24) is 0 Å². The number of benzene rings is 1. The summed E-state index contributed by atoms with van der Waals surface area (Å²) in [6, 6.07) is 1.47. The molecule has 0 saturated heterocycles. The van der Waals surface area contributed by atoms with Gasteiger partial charge in [-0.25, -0.2) is 13.2 Å². The zero-order valence-electron chi connectivity index (χ0n) is 9.82. The van der Waals surface area contributed by atoms with Crippen LogP contribution in [0.15, 0.2) is 12.1 Å². The first-order chi connectivity index (χ1) is 8.80. The van der Waals surface area contributed by atoms with E-state index in [1.165, 1.54) is 0 Å². The predicted octanol–water partition coefficient (Wildman–Crippen LogP) is 1.78. The maximum absolute atomic E-state index is 13.5. The van der Waals surface area contributed by atoms with Crippen molar-refractivity contribution in [2.45, 2.75) is 5.92 Å². The summed E-state index contributed by atoms with van der Waals surface area (Å²) in [5, 5.41) is 21.0. The minimum Gasteiger partial charge on any atom is -0.490 e. The van der Waals surface area contributed by atoms with Gasteiger partial charge in [0.15, 0.2) is 11.6 Å². The lowest BCUT2D eigenvalue weighted by Gasteiger charge is -2.15. The highest BCUT2D eigenvalue weighted by atomic mass is 19.3. The largest absolute Gasteiger partial charge is 0.490 e. The molecule has 0 aliphatic rings. The van der Waals surface area contributed by atoms with Gasteiger partial charge in [-0.3, -0.25) is 10.1 Å². The van der Waals surface area contributed by atoms with E-state index in [0.717, 1.165) is 13.2 Å². The van der Waals surface area contributed by atoms with Crippen LogP contribution < -0.4 is 10.1 Å². The summed E-state index contributed by atoms with van der Waals surface area (Å²) in [5.74, 6) is -4.76. The Hall–Kier alpha value is -2.03. The molecule has 106 valence electrons. The van der Waals surface area contributed by atoms with E-state index in [0.29, 0.717) is 6.07 Å². The highest BCUT2D eigenvalue weighted by molar-refractivity contribution is 5.59. The number of hydrogen-bond acceptors (Lipinski definition) is 5. The Labute approximate surface area is 105 Å². The van der Waals surface area contributed by atoms with E-state index >= 15 is 0 Å². The van der Waals surface area contributed by atoms with Crippen LogP contribution in [0.2, 0.25) is 0 Å². The van der Waals surface area contributed by atoms with Crippen molar-refractivity contribution >= 4 is 11.4 Å². The second kappa shape index (κ2) is 5.74. The normalized spacial score (nSPS) is 11.2. The maximum atomic E-state index is 13.5. The third-order valence-electron chi connectivity index (χ3n) is 2.23. The number of nitro groups is 1. The van der Waals surface area contributed by atoms with Gasteiger partial charge < -0.3 is 15.2 Å². The summed E-state index contributed by atoms with van der Waals surface area (Å²) in [4.78, 5) is 9.74. The first-order valence-electron chi connectivity index (χ1n) is 5.05. The van der Waals surface area contributed by atoms with Gasteiger partial charge in [0.2, 0.25) is 0 Å². The number of nitro benzene ring substituents is 1. The molecule has 0 unspecified atom stereocenters. The Morgan fingerprint density at radius 3 is 2.63 bits per heavy atom. The van der Waals surface area contributed by atoms with Crippen molar-refractivity contribution in [3.63, 3.8) is 0 Å². The quantitative estimate of drug-likeness (QED) is 0.613. The molecule has 19 heavy (non-hydrogen) atoms. The fraction of sp³-hybridized carbons (Fsp3) is 0.400. The Balaban J connectivity index is 3.00. The maximum Gasteiger partial charge on any atom is 0.313 e. The molecule has 6 nitrogen and oxygen atoms in total. The van der Waals surface area contributed by atoms with Crippen LogP contribution in [0, 0.1) is 15.9 Å². The number of nitrogens with one attached hydrogen (secondary N) is 1. The molecule has 0 atom stereocenters. The highest BCUT2D eigenvalue weighted by Gasteiger charge is 2.28. The van der Waals surface area contributed by atoms with Crippen molar-refractivity contribution in [2.24, 2.45) is 0 Å². The lowest BCUT2D eigenvalue weighted by Crippen LogP contribution is -2.31. The molecule has 1 aromatic carbocycles. The zero-order chi connectivity index (χ0) is 14.6. The highest BCUT2D eigenvalue weighted by Crippen LogP contribution is 2.32. The molecule has 1 rings (SSSR count). The van der Waals surface area contributed by atoms with Crippen LogP contribution in [-0.2, 0) is 0 Å². The molecular weight excluding hydrogens is 269 g/mol. The number of halogens is 3. The van der Waals surface area contributed by atoms with Gasteiger partial charge in [-0.15, -0.1) is 0 Å². The number of aliphatic hydroxyl groups is 1. The molecule has 9 heteroatoms. The number of anilines is 1. The lowest BCUT2D eigenvalue weighted by atomic mass is 10.2. The molecule has 0 spiro atoms. The standard InChI is InChI=1S/C10H11F3N2O4/c1-19-9-3-7(14-4-10(12,13)5-16)6(11)2-8(9)15(17)18/h2-3,14,16H,4-5H2,1H3. The SMILES string of the molecule is COc1cc(NCC(F)(F)CO)c(F)cc1[N+](=O)[O-]. The minimum absolute atomic E-state index is 0.263. The van der Waals surface area contributed by atoms with E-state index in [2.05, 4.69) is 10.1 Å². The van der Waals surface area contributed by atoms with Gasteiger partial charge in [0.25, 0.3) is 5.92 Å². The van der Waals surface area contributed by atoms with Crippen molar-refractivity contribution in [3.05, 3.63) is 28.1 Å². The summed E-state index contributed by atoms with van der Waals surface area (Å²) in [5.41, 5.74) is -0.991. The average Bonchev–Trinajstić information content (AvgIpc) is 2.36. The van der Waals surface area contributed by atoms with Crippen LogP contribution in [0.25, 0.3) is 0 Å². The molecule has 0 aliphatic carbocycles. The van der Waals surface area contributed by atoms with Crippen molar-refractivity contribution in [3.8, 4) is 5.75 Å². The number of hydrogen-bond donors (Lipinski definition) is 2. The number of alkyl halides is 2. The molecule has 0 radical (unpaired) electrons. The Bertz CT molecular complexity index is 482. The average molecular weight is 280 g/mol. The van der Waals surface area contributed by atoms with Crippen molar-refractivity contribution in [2.75, 3.05) is 25.6 Å². The predicted molar refractivity (Wildman–Crippen MR) is 60.1 cm³/mol. The van der Waals surface area contributed by atoms with Crippen LogP contribution >= 0.6 is 0 Å². The molecule has 0 amide bonds. The monoisotopic (exact) mass is 280 g/mol. The summed E-state index contributed by atoms with van der Waals surface area (Å²) in [6.45, 7) is -2.41. The molecule has 0 fully saturated rings. The molecule has 2 N–H and O–H groups in total. The third kappa shape index (κ3) is 3.71. The number of rotatable bonds is 6. The molecule has 0 saturated carbocycles. The number of nitrogens with zero attached hydrogens (tertiary/aromatic N) is 1. The fourth-order valence-electron chi connectivity index (χ4n) is 1.26. The van der Waals surface area contributed by atoms with Crippen molar-refractivity contribution in [1.29, 1.82) is 0 Å². The van der Waals surface area contributed by atoms with Gasteiger partial charge in [0.1, 0.15) is 6.61 Å². The third-order valence-corrected chi connectivity index (χ3v) is 2.23. The smallest absolute Gasteiger partial charge is 0.313 e. The second-order valence-corrected chi connectivity index (χ2v) is 3.63. The topological polar surface area (TPSA) is 84.6 Å². The molecule has 0 aliphatic heterocycles. The Morgan fingerprint density at radius 2 is 2.16 bits per heavy atom. The van der Waals surface area contributed by atoms with E-state index in [1.54, 1.807) is 0 Å². The van der Waals surface area contributed by atoms with Gasteiger partial charge in [0.05, 0.1) is 30.3 Å². The van der Waals surface area contributed by atoms with Crippen LogP contribution in [0.1, 0.15) is 0 Å². The van der Waals surface area contributed by atoms with Gasteiger partial charge in [0, 0.05) is 6.07 Å². The zero-order valence-corrected chi connectivity index (χ0v) is 9.82. The van der Waals surface area contributed by atoms with Crippen LogP contribution in [0.3, 0.4) is 0 Å². The van der Waals surface area contributed by atoms with E-state index in [4.69, 9.17) is 5.11 Å². The number of aliphatic hydroxyl groups excluding tert-OH is 1. The van der Waals surface area contributed by atoms with E-state index < -0.39 is 35.5 Å². The fourth-order valence-corrected chi connectivity index (χ4v) is 1.26. The molecular formula is C10H11F3N2O4. The summed E-state index contributed by atoms with van der Waals surface area (Å²) < 4.78 is 43.7. The van der Waals surface area contributed by atoms with E-state index in [9.17, 15) is 23.3 Å². The van der Waals surface area contributed by atoms with Crippen LogP contribution in [-0.4, -0.2) is 36.2 Å². The molecule has 0 heterocycles. The Morgan fingerprint density at radius 1 is 1.53 bits per heavy atom. The van der Waals surface area contributed by atoms with Gasteiger partial charge >= 0.3 is 5.69 Å². The van der Waals surface area contributed by atoms with Gasteiger partial charge in [-0.1, -0.05) is 0 Å². The van der Waals surface area contributed by atoms with Crippen molar-refractivity contribution < 1.29 is 27.9 Å². The molecule has 0 bridgehead atoms. The van der Waals surface area contributed by atoms with Gasteiger partial charge in [-0.05, 0) is 0 Å². The number of methoxy groups -OCH3 is 1. The van der Waals surface area contributed by atoms with Crippen LogP contribution in [0.4, 0.5) is 24.5 Å². The first-order valence-corrected chi connectivity index (χ1v) is 5.05. The first kappa shape index (κ1) is 15.0. The summed E-state index contributed by atoms with van der Waals surface area (Å²) in [7, 11) is 1.13. The molecule has 0 aromatic heterocycles. The minimum atomic E-state index is -3.43. The van der Waals surface area contributed by atoms with E-state index in [1.807, 2.05) is 0 Å².